The Hall–Kier alpha value is -2.09. The summed E-state index contributed by atoms with van der Waals surface area (Å²) in [5, 5.41) is 2.09. The van der Waals surface area contributed by atoms with Crippen molar-refractivity contribution in [2.75, 3.05) is 18.5 Å². The van der Waals surface area contributed by atoms with E-state index in [2.05, 4.69) is 5.32 Å². The van der Waals surface area contributed by atoms with Gasteiger partial charge in [0, 0.05) is 6.61 Å². The Balaban J connectivity index is 1.91. The normalized spacial score (nSPS) is 18.0. The van der Waals surface area contributed by atoms with Crippen LogP contribution >= 0.6 is 0 Å². The minimum absolute atomic E-state index is 0.381. The number of benzene rings is 1. The zero-order chi connectivity index (χ0) is 16.2. The first-order chi connectivity index (χ1) is 10.4. The van der Waals surface area contributed by atoms with Gasteiger partial charge in [-0.2, -0.15) is 13.2 Å². The average molecular weight is 317 g/mol. The second-order valence-corrected chi connectivity index (χ2v) is 4.70. The summed E-state index contributed by atoms with van der Waals surface area (Å²) in [6.07, 6.45) is -4.05. The van der Waals surface area contributed by atoms with Crippen molar-refractivity contribution in [3.63, 3.8) is 0 Å². The van der Waals surface area contributed by atoms with E-state index in [9.17, 15) is 22.8 Å². The predicted octanol–water partition coefficient (Wildman–Crippen LogP) is 2.37. The average Bonchev–Trinajstić information content (AvgIpc) is 2.98. The highest BCUT2D eigenvalue weighted by Gasteiger charge is 2.33. The number of carbonyl (C=O) groups excluding carboxylic acids is 2. The zero-order valence-electron chi connectivity index (χ0n) is 11.5. The number of anilines is 1. The van der Waals surface area contributed by atoms with Crippen LogP contribution in [0.25, 0.3) is 0 Å². The molecule has 5 nitrogen and oxygen atoms in total. The van der Waals surface area contributed by atoms with Crippen molar-refractivity contribution in [2.45, 2.75) is 25.1 Å². The lowest BCUT2D eigenvalue weighted by atomic mass is 10.1. The van der Waals surface area contributed by atoms with Gasteiger partial charge < -0.3 is 14.8 Å². The third-order valence-corrected chi connectivity index (χ3v) is 3.04. The summed E-state index contributed by atoms with van der Waals surface area (Å²) in [6.45, 7) is -0.212. The first-order valence-corrected chi connectivity index (χ1v) is 6.62. The van der Waals surface area contributed by atoms with Crippen molar-refractivity contribution in [1.82, 2.24) is 0 Å². The number of alkyl halides is 3. The van der Waals surface area contributed by atoms with E-state index in [1.807, 2.05) is 0 Å². The Labute approximate surface area is 124 Å². The first-order valence-electron chi connectivity index (χ1n) is 6.62. The van der Waals surface area contributed by atoms with Crippen molar-refractivity contribution in [1.29, 1.82) is 0 Å². The Morgan fingerprint density at radius 1 is 1.32 bits per heavy atom. The third kappa shape index (κ3) is 4.20. The SMILES string of the molecule is O=C(COC(=O)[C@@H]1CCCO1)Nc1ccccc1C(F)(F)F. The molecule has 0 radical (unpaired) electrons. The summed E-state index contributed by atoms with van der Waals surface area (Å²) in [6, 6.07) is 4.57. The number of nitrogens with one attached hydrogen (secondary N) is 1. The van der Waals surface area contributed by atoms with Gasteiger partial charge in [0.1, 0.15) is 0 Å². The topological polar surface area (TPSA) is 64.6 Å². The van der Waals surface area contributed by atoms with E-state index in [0.717, 1.165) is 18.6 Å². The molecule has 120 valence electrons. The van der Waals surface area contributed by atoms with Crippen LogP contribution in [-0.4, -0.2) is 31.2 Å². The highest BCUT2D eigenvalue weighted by molar-refractivity contribution is 5.93. The zero-order valence-corrected chi connectivity index (χ0v) is 11.5. The van der Waals surface area contributed by atoms with Crippen LogP contribution in [-0.2, 0) is 25.2 Å². The molecule has 1 aromatic carbocycles. The fraction of sp³-hybridized carbons (Fsp3) is 0.429. The van der Waals surface area contributed by atoms with Crippen LogP contribution < -0.4 is 5.32 Å². The van der Waals surface area contributed by atoms with E-state index in [1.54, 1.807) is 0 Å². The Bertz CT molecular complexity index is 553. The lowest BCUT2D eigenvalue weighted by molar-refractivity contribution is -0.156. The lowest BCUT2D eigenvalue weighted by Gasteiger charge is -2.14. The van der Waals surface area contributed by atoms with Gasteiger partial charge in [0.2, 0.25) is 0 Å². The highest BCUT2D eigenvalue weighted by atomic mass is 19.4. The number of hydrogen-bond acceptors (Lipinski definition) is 4. The van der Waals surface area contributed by atoms with Crippen molar-refractivity contribution in [3.8, 4) is 0 Å². The second kappa shape index (κ2) is 6.78. The minimum Gasteiger partial charge on any atom is -0.454 e. The largest absolute Gasteiger partial charge is 0.454 e. The summed E-state index contributed by atoms with van der Waals surface area (Å²) in [4.78, 5) is 23.1. The Morgan fingerprint density at radius 2 is 2.05 bits per heavy atom. The Morgan fingerprint density at radius 3 is 2.68 bits per heavy atom. The molecule has 0 spiro atoms. The number of esters is 1. The van der Waals surface area contributed by atoms with E-state index in [0.29, 0.717) is 13.0 Å². The molecular formula is C14H14F3NO4. The van der Waals surface area contributed by atoms with Crippen LogP contribution in [0.5, 0.6) is 0 Å². The molecule has 1 N–H and O–H groups in total. The third-order valence-electron chi connectivity index (χ3n) is 3.04. The highest BCUT2D eigenvalue weighted by Crippen LogP contribution is 2.34. The van der Waals surface area contributed by atoms with Gasteiger partial charge in [-0.15, -0.1) is 0 Å². The molecule has 8 heteroatoms. The second-order valence-electron chi connectivity index (χ2n) is 4.70. The summed E-state index contributed by atoms with van der Waals surface area (Å²) in [7, 11) is 0. The number of amides is 1. The van der Waals surface area contributed by atoms with Crippen molar-refractivity contribution in [2.24, 2.45) is 0 Å². The molecule has 0 saturated carbocycles. The molecule has 1 heterocycles. The van der Waals surface area contributed by atoms with E-state index in [4.69, 9.17) is 9.47 Å². The fourth-order valence-electron chi connectivity index (χ4n) is 2.02. The van der Waals surface area contributed by atoms with Crippen molar-refractivity contribution < 1.29 is 32.2 Å². The van der Waals surface area contributed by atoms with E-state index >= 15 is 0 Å². The minimum atomic E-state index is -4.59. The maximum atomic E-state index is 12.8. The summed E-state index contributed by atoms with van der Waals surface area (Å²) < 4.78 is 48.1. The van der Waals surface area contributed by atoms with Crippen LogP contribution in [0.3, 0.4) is 0 Å². The molecule has 1 saturated heterocycles. The van der Waals surface area contributed by atoms with Crippen LogP contribution in [0.2, 0.25) is 0 Å². The monoisotopic (exact) mass is 317 g/mol. The molecule has 0 aromatic heterocycles. The summed E-state index contributed by atoms with van der Waals surface area (Å²) in [5.74, 6) is -1.53. The molecule has 1 amide bonds. The molecular weight excluding hydrogens is 303 g/mol. The number of halogens is 3. The van der Waals surface area contributed by atoms with Crippen molar-refractivity contribution in [3.05, 3.63) is 29.8 Å². The maximum Gasteiger partial charge on any atom is 0.418 e. The number of hydrogen-bond donors (Lipinski definition) is 1. The number of rotatable bonds is 4. The number of carbonyl (C=O) groups is 2. The van der Waals surface area contributed by atoms with Gasteiger partial charge in [0.25, 0.3) is 5.91 Å². The molecule has 1 aliphatic rings. The van der Waals surface area contributed by atoms with Crippen LogP contribution in [0.1, 0.15) is 18.4 Å². The molecule has 2 rings (SSSR count). The van der Waals surface area contributed by atoms with Gasteiger partial charge in [0.15, 0.2) is 12.7 Å². The molecule has 22 heavy (non-hydrogen) atoms. The van der Waals surface area contributed by atoms with Gasteiger partial charge >= 0.3 is 12.1 Å². The molecule has 1 aliphatic heterocycles. The van der Waals surface area contributed by atoms with Gasteiger partial charge in [-0.25, -0.2) is 4.79 Å². The standard InChI is InChI=1S/C14H14F3NO4/c15-14(16,17)9-4-1-2-5-10(9)18-12(19)8-22-13(20)11-6-3-7-21-11/h1-2,4-5,11H,3,6-8H2,(H,18,19)/t11-/m0/s1. The quantitative estimate of drug-likeness (QED) is 0.866. The van der Waals surface area contributed by atoms with E-state index in [-0.39, 0.29) is 5.69 Å². The Kier molecular flexibility index (Phi) is 5.02. The van der Waals surface area contributed by atoms with Gasteiger partial charge in [0.05, 0.1) is 11.3 Å². The van der Waals surface area contributed by atoms with E-state index in [1.165, 1.54) is 12.1 Å². The molecule has 1 atom stereocenters. The molecule has 1 aromatic rings. The molecule has 1 fully saturated rings. The molecule has 0 unspecified atom stereocenters. The predicted molar refractivity (Wildman–Crippen MR) is 70.0 cm³/mol. The van der Waals surface area contributed by atoms with Crippen LogP contribution in [0, 0.1) is 0 Å². The smallest absolute Gasteiger partial charge is 0.418 e. The summed E-state index contributed by atoms with van der Waals surface area (Å²) >= 11 is 0. The van der Waals surface area contributed by atoms with Crippen LogP contribution in [0.4, 0.5) is 18.9 Å². The van der Waals surface area contributed by atoms with E-state index < -0.39 is 36.3 Å². The maximum absolute atomic E-state index is 12.8. The summed E-state index contributed by atoms with van der Waals surface area (Å²) in [5.41, 5.74) is -1.35. The van der Waals surface area contributed by atoms with Gasteiger partial charge in [-0.05, 0) is 25.0 Å². The van der Waals surface area contributed by atoms with Crippen LogP contribution in [0.15, 0.2) is 24.3 Å². The fourth-order valence-corrected chi connectivity index (χ4v) is 2.02. The lowest BCUT2D eigenvalue weighted by Crippen LogP contribution is -2.28. The number of para-hydroxylation sites is 1. The van der Waals surface area contributed by atoms with Gasteiger partial charge in [-0.1, -0.05) is 12.1 Å². The van der Waals surface area contributed by atoms with Gasteiger partial charge in [-0.3, -0.25) is 4.79 Å². The van der Waals surface area contributed by atoms with Crippen molar-refractivity contribution >= 4 is 17.6 Å². The molecule has 0 bridgehead atoms. The first kappa shape index (κ1) is 16.3. The number of ether oxygens (including phenoxy) is 2. The molecule has 0 aliphatic carbocycles.